The summed E-state index contributed by atoms with van der Waals surface area (Å²) in [5, 5.41) is 0. The molecule has 0 heterocycles. The minimum Gasteiger partial charge on any atom is -0.490 e. The molecule has 5 heteroatoms. The maximum absolute atomic E-state index is 5.69. The number of ether oxygens (including phenoxy) is 3. The summed E-state index contributed by atoms with van der Waals surface area (Å²) in [5.41, 5.74) is 3.36. The number of nitrogens with two attached hydrogens (primary N) is 1. The summed E-state index contributed by atoms with van der Waals surface area (Å²) >= 11 is 0. The first-order chi connectivity index (χ1) is 9.50. The summed E-state index contributed by atoms with van der Waals surface area (Å²) in [5.74, 6) is 7.15. The van der Waals surface area contributed by atoms with E-state index in [0.717, 1.165) is 17.1 Å². The number of nitrogens with one attached hydrogen (secondary N) is 1. The first kappa shape index (κ1) is 16.8. The van der Waals surface area contributed by atoms with Gasteiger partial charge < -0.3 is 14.2 Å². The number of hydrogen-bond donors (Lipinski definition) is 2. The van der Waals surface area contributed by atoms with Crippen molar-refractivity contribution in [2.75, 3.05) is 20.3 Å². The van der Waals surface area contributed by atoms with E-state index in [9.17, 15) is 0 Å². The molecule has 0 saturated carbocycles. The number of rotatable bonds is 8. The fourth-order valence-corrected chi connectivity index (χ4v) is 2.06. The van der Waals surface area contributed by atoms with E-state index in [1.54, 1.807) is 7.11 Å². The Hall–Kier alpha value is -1.30. The molecule has 0 spiro atoms. The van der Waals surface area contributed by atoms with Crippen molar-refractivity contribution < 1.29 is 14.2 Å². The Morgan fingerprint density at radius 2 is 1.75 bits per heavy atom. The lowest BCUT2D eigenvalue weighted by atomic mass is 9.92. The molecule has 0 bridgehead atoms. The third kappa shape index (κ3) is 3.85. The van der Waals surface area contributed by atoms with Gasteiger partial charge in [0.2, 0.25) is 0 Å². The van der Waals surface area contributed by atoms with Crippen LogP contribution in [0.15, 0.2) is 18.2 Å². The zero-order valence-corrected chi connectivity index (χ0v) is 13.0. The first-order valence-corrected chi connectivity index (χ1v) is 6.90. The predicted octanol–water partition coefficient (Wildman–Crippen LogP) is 2.41. The standard InChI is InChI=1S/C15H26N2O3/c1-6-19-12-9-8-11(10-13(12)20-7-2)14(17-16)15(3,4)18-5/h8-10,14,17H,6-7,16H2,1-5H3. The van der Waals surface area contributed by atoms with Crippen LogP contribution in [0.25, 0.3) is 0 Å². The number of methoxy groups -OCH3 is 1. The fraction of sp³-hybridized carbons (Fsp3) is 0.600. The van der Waals surface area contributed by atoms with E-state index in [1.807, 2.05) is 45.9 Å². The summed E-state index contributed by atoms with van der Waals surface area (Å²) in [6.07, 6.45) is 0. The van der Waals surface area contributed by atoms with Crippen LogP contribution in [0.1, 0.15) is 39.3 Å². The van der Waals surface area contributed by atoms with Gasteiger partial charge in [-0.3, -0.25) is 11.3 Å². The Balaban J connectivity index is 3.14. The lowest BCUT2D eigenvalue weighted by molar-refractivity contribution is -0.0112. The summed E-state index contributed by atoms with van der Waals surface area (Å²) in [4.78, 5) is 0. The Labute approximate surface area is 121 Å². The van der Waals surface area contributed by atoms with Crippen molar-refractivity contribution in [1.29, 1.82) is 0 Å². The van der Waals surface area contributed by atoms with E-state index in [0.29, 0.717) is 13.2 Å². The highest BCUT2D eigenvalue weighted by Gasteiger charge is 2.30. The topological polar surface area (TPSA) is 65.7 Å². The van der Waals surface area contributed by atoms with Crippen molar-refractivity contribution in [3.8, 4) is 11.5 Å². The van der Waals surface area contributed by atoms with Crippen LogP contribution in [0.2, 0.25) is 0 Å². The molecule has 0 aliphatic heterocycles. The lowest BCUT2D eigenvalue weighted by Crippen LogP contribution is -2.43. The Morgan fingerprint density at radius 1 is 1.15 bits per heavy atom. The van der Waals surface area contributed by atoms with Gasteiger partial charge in [0.15, 0.2) is 11.5 Å². The van der Waals surface area contributed by atoms with Crippen molar-refractivity contribution >= 4 is 0 Å². The third-order valence-electron chi connectivity index (χ3n) is 3.29. The molecule has 1 atom stereocenters. The molecule has 5 nitrogen and oxygen atoms in total. The van der Waals surface area contributed by atoms with Crippen LogP contribution in [-0.4, -0.2) is 25.9 Å². The smallest absolute Gasteiger partial charge is 0.161 e. The Morgan fingerprint density at radius 3 is 2.25 bits per heavy atom. The third-order valence-corrected chi connectivity index (χ3v) is 3.29. The van der Waals surface area contributed by atoms with Gasteiger partial charge in [-0.25, -0.2) is 0 Å². The molecule has 0 radical (unpaired) electrons. The van der Waals surface area contributed by atoms with Crippen LogP contribution < -0.4 is 20.7 Å². The van der Waals surface area contributed by atoms with Crippen LogP contribution in [0.4, 0.5) is 0 Å². The molecule has 114 valence electrons. The molecule has 0 aliphatic rings. The maximum atomic E-state index is 5.69. The highest BCUT2D eigenvalue weighted by Crippen LogP contribution is 2.34. The van der Waals surface area contributed by atoms with Gasteiger partial charge in [0, 0.05) is 7.11 Å². The minimum absolute atomic E-state index is 0.151. The average Bonchev–Trinajstić information content (AvgIpc) is 2.42. The van der Waals surface area contributed by atoms with E-state index in [-0.39, 0.29) is 6.04 Å². The van der Waals surface area contributed by atoms with E-state index in [1.165, 1.54) is 0 Å². The lowest BCUT2D eigenvalue weighted by Gasteiger charge is -2.33. The largest absolute Gasteiger partial charge is 0.490 e. The molecule has 1 aromatic carbocycles. The van der Waals surface area contributed by atoms with Gasteiger partial charge in [-0.05, 0) is 45.4 Å². The van der Waals surface area contributed by atoms with Gasteiger partial charge in [-0.15, -0.1) is 0 Å². The highest BCUT2D eigenvalue weighted by molar-refractivity contribution is 5.44. The van der Waals surface area contributed by atoms with Crippen molar-refractivity contribution in [3.63, 3.8) is 0 Å². The monoisotopic (exact) mass is 282 g/mol. The summed E-state index contributed by atoms with van der Waals surface area (Å²) < 4.78 is 16.7. The molecule has 0 saturated heterocycles. The van der Waals surface area contributed by atoms with Crippen LogP contribution in [0, 0.1) is 0 Å². The molecular formula is C15H26N2O3. The second-order valence-corrected chi connectivity index (χ2v) is 4.98. The number of hydrogen-bond acceptors (Lipinski definition) is 5. The average molecular weight is 282 g/mol. The van der Waals surface area contributed by atoms with Crippen molar-refractivity contribution in [2.45, 2.75) is 39.3 Å². The van der Waals surface area contributed by atoms with Gasteiger partial charge in [-0.2, -0.15) is 0 Å². The van der Waals surface area contributed by atoms with Crippen molar-refractivity contribution in [2.24, 2.45) is 5.84 Å². The molecule has 20 heavy (non-hydrogen) atoms. The van der Waals surface area contributed by atoms with Gasteiger partial charge in [-0.1, -0.05) is 6.07 Å². The zero-order valence-electron chi connectivity index (χ0n) is 13.0. The second kappa shape index (κ2) is 7.47. The number of hydrazine groups is 1. The van der Waals surface area contributed by atoms with E-state index in [4.69, 9.17) is 20.1 Å². The van der Waals surface area contributed by atoms with E-state index < -0.39 is 5.60 Å². The summed E-state index contributed by atoms with van der Waals surface area (Å²) in [6.45, 7) is 9.03. The molecule has 0 amide bonds. The summed E-state index contributed by atoms with van der Waals surface area (Å²) in [7, 11) is 1.67. The zero-order chi connectivity index (χ0) is 15.2. The first-order valence-electron chi connectivity index (χ1n) is 6.90. The van der Waals surface area contributed by atoms with Gasteiger partial charge in [0.1, 0.15) is 0 Å². The van der Waals surface area contributed by atoms with Gasteiger partial charge in [0.25, 0.3) is 0 Å². The van der Waals surface area contributed by atoms with Crippen molar-refractivity contribution in [1.82, 2.24) is 5.43 Å². The second-order valence-electron chi connectivity index (χ2n) is 4.98. The Bertz CT molecular complexity index is 422. The predicted molar refractivity (Wildman–Crippen MR) is 79.9 cm³/mol. The van der Waals surface area contributed by atoms with Crippen LogP contribution in [0.3, 0.4) is 0 Å². The van der Waals surface area contributed by atoms with Crippen LogP contribution in [0.5, 0.6) is 11.5 Å². The Kier molecular flexibility index (Phi) is 6.26. The molecule has 3 N–H and O–H groups in total. The quantitative estimate of drug-likeness (QED) is 0.566. The SMILES string of the molecule is CCOc1ccc(C(NN)C(C)(C)OC)cc1OCC. The molecule has 0 aliphatic carbocycles. The molecule has 0 aromatic heterocycles. The summed E-state index contributed by atoms with van der Waals surface area (Å²) in [6, 6.07) is 5.67. The highest BCUT2D eigenvalue weighted by atomic mass is 16.5. The normalized spacial score (nSPS) is 13.1. The molecule has 1 aromatic rings. The minimum atomic E-state index is -0.439. The maximum Gasteiger partial charge on any atom is 0.161 e. The molecule has 0 fully saturated rings. The van der Waals surface area contributed by atoms with Gasteiger partial charge >= 0.3 is 0 Å². The van der Waals surface area contributed by atoms with Gasteiger partial charge in [0.05, 0.1) is 24.9 Å². The van der Waals surface area contributed by atoms with E-state index in [2.05, 4.69) is 5.43 Å². The van der Waals surface area contributed by atoms with Crippen molar-refractivity contribution in [3.05, 3.63) is 23.8 Å². The van der Waals surface area contributed by atoms with E-state index >= 15 is 0 Å². The molecule has 1 rings (SSSR count). The van der Waals surface area contributed by atoms with Crippen LogP contribution >= 0.6 is 0 Å². The van der Waals surface area contributed by atoms with Crippen LogP contribution in [-0.2, 0) is 4.74 Å². The fourth-order valence-electron chi connectivity index (χ4n) is 2.06. The molecular weight excluding hydrogens is 256 g/mol. The molecule has 1 unspecified atom stereocenters. The number of benzene rings is 1.